The van der Waals surface area contributed by atoms with Crippen LogP contribution in [0.1, 0.15) is 16.7 Å². The minimum atomic E-state index is -0.427. The Morgan fingerprint density at radius 2 is 2.11 bits per heavy atom. The molecule has 1 unspecified atom stereocenters. The fraction of sp³-hybridized carbons (Fsp3) is 0.231. The number of nitriles is 1. The van der Waals surface area contributed by atoms with Gasteiger partial charge >= 0.3 is 0 Å². The SMILES string of the molecule is COc1ccc(NC(C#N)c2csc(C)n2)cc1. The molecule has 18 heavy (non-hydrogen) atoms. The molecular weight excluding hydrogens is 246 g/mol. The molecule has 0 aliphatic rings. The van der Waals surface area contributed by atoms with Crippen LogP contribution in [-0.2, 0) is 0 Å². The van der Waals surface area contributed by atoms with E-state index in [0.717, 1.165) is 22.1 Å². The zero-order valence-corrected chi connectivity index (χ0v) is 11.0. The first-order chi connectivity index (χ1) is 8.72. The highest BCUT2D eigenvalue weighted by molar-refractivity contribution is 7.09. The number of anilines is 1. The van der Waals surface area contributed by atoms with Gasteiger partial charge in [0.2, 0.25) is 0 Å². The third kappa shape index (κ3) is 2.79. The van der Waals surface area contributed by atoms with Crippen LogP contribution in [0.4, 0.5) is 5.69 Å². The van der Waals surface area contributed by atoms with Crippen LogP contribution in [0, 0.1) is 18.3 Å². The van der Waals surface area contributed by atoms with Crippen LogP contribution in [0.15, 0.2) is 29.6 Å². The Morgan fingerprint density at radius 1 is 1.39 bits per heavy atom. The second kappa shape index (κ2) is 5.52. The molecule has 0 saturated carbocycles. The second-order valence-corrected chi connectivity index (χ2v) is 4.79. The molecule has 0 bridgehead atoms. The predicted molar refractivity (Wildman–Crippen MR) is 71.8 cm³/mol. The Balaban J connectivity index is 2.13. The monoisotopic (exact) mass is 259 g/mol. The van der Waals surface area contributed by atoms with Crippen LogP contribution < -0.4 is 10.1 Å². The number of rotatable bonds is 4. The maximum Gasteiger partial charge on any atom is 0.158 e. The van der Waals surface area contributed by atoms with Crippen LogP contribution >= 0.6 is 11.3 Å². The fourth-order valence-electron chi connectivity index (χ4n) is 1.54. The van der Waals surface area contributed by atoms with Gasteiger partial charge in [0.1, 0.15) is 5.75 Å². The van der Waals surface area contributed by atoms with Gasteiger partial charge in [-0.1, -0.05) is 0 Å². The standard InChI is InChI=1S/C13H13N3OS/c1-9-15-13(8-18-9)12(7-14)16-10-3-5-11(17-2)6-4-10/h3-6,8,12,16H,1-2H3. The Labute approximate surface area is 110 Å². The number of aryl methyl sites for hydroxylation is 1. The molecule has 1 atom stereocenters. The molecular formula is C13H13N3OS. The van der Waals surface area contributed by atoms with Crippen molar-refractivity contribution in [3.63, 3.8) is 0 Å². The van der Waals surface area contributed by atoms with Crippen molar-refractivity contribution in [1.29, 1.82) is 5.26 Å². The Kier molecular flexibility index (Phi) is 3.80. The molecule has 92 valence electrons. The molecule has 0 fully saturated rings. The molecule has 0 aliphatic heterocycles. The highest BCUT2D eigenvalue weighted by Crippen LogP contribution is 2.22. The van der Waals surface area contributed by atoms with E-state index in [0.29, 0.717) is 0 Å². The highest BCUT2D eigenvalue weighted by Gasteiger charge is 2.13. The first kappa shape index (κ1) is 12.4. The van der Waals surface area contributed by atoms with E-state index in [1.54, 1.807) is 18.4 Å². The van der Waals surface area contributed by atoms with Gasteiger partial charge in [-0.25, -0.2) is 4.98 Å². The minimum Gasteiger partial charge on any atom is -0.497 e. The van der Waals surface area contributed by atoms with E-state index in [4.69, 9.17) is 4.74 Å². The molecule has 2 rings (SSSR count). The molecule has 5 heteroatoms. The van der Waals surface area contributed by atoms with E-state index in [1.807, 2.05) is 36.6 Å². The van der Waals surface area contributed by atoms with Crippen molar-refractivity contribution in [2.24, 2.45) is 0 Å². The van der Waals surface area contributed by atoms with E-state index >= 15 is 0 Å². The number of methoxy groups -OCH3 is 1. The van der Waals surface area contributed by atoms with Gasteiger partial charge in [0.25, 0.3) is 0 Å². The number of benzene rings is 1. The first-order valence-electron chi connectivity index (χ1n) is 5.45. The van der Waals surface area contributed by atoms with Crippen molar-refractivity contribution in [3.05, 3.63) is 40.3 Å². The smallest absolute Gasteiger partial charge is 0.158 e. The summed E-state index contributed by atoms with van der Waals surface area (Å²) >= 11 is 1.54. The maximum absolute atomic E-state index is 9.18. The van der Waals surface area contributed by atoms with Crippen LogP contribution in [-0.4, -0.2) is 12.1 Å². The summed E-state index contributed by atoms with van der Waals surface area (Å²) in [7, 11) is 1.62. The van der Waals surface area contributed by atoms with Gasteiger partial charge in [0.15, 0.2) is 6.04 Å². The fourth-order valence-corrected chi connectivity index (χ4v) is 2.18. The molecule has 0 amide bonds. The summed E-state index contributed by atoms with van der Waals surface area (Å²) in [5.41, 5.74) is 1.63. The molecule has 1 N–H and O–H groups in total. The largest absolute Gasteiger partial charge is 0.497 e. The Hall–Kier alpha value is -2.06. The van der Waals surface area contributed by atoms with Crippen LogP contribution in [0.5, 0.6) is 5.75 Å². The Morgan fingerprint density at radius 3 is 2.61 bits per heavy atom. The van der Waals surface area contributed by atoms with Crippen molar-refractivity contribution in [1.82, 2.24) is 4.98 Å². The number of thiazole rings is 1. The lowest BCUT2D eigenvalue weighted by molar-refractivity contribution is 0.415. The lowest BCUT2D eigenvalue weighted by Crippen LogP contribution is -2.08. The van der Waals surface area contributed by atoms with E-state index < -0.39 is 6.04 Å². The van der Waals surface area contributed by atoms with Gasteiger partial charge in [-0.15, -0.1) is 11.3 Å². The highest BCUT2D eigenvalue weighted by atomic mass is 32.1. The van der Waals surface area contributed by atoms with Crippen molar-refractivity contribution >= 4 is 17.0 Å². The molecule has 0 spiro atoms. The third-order valence-electron chi connectivity index (χ3n) is 2.46. The number of ether oxygens (including phenoxy) is 1. The molecule has 1 aromatic heterocycles. The maximum atomic E-state index is 9.18. The first-order valence-corrected chi connectivity index (χ1v) is 6.33. The number of hydrogen-bond acceptors (Lipinski definition) is 5. The van der Waals surface area contributed by atoms with Gasteiger partial charge < -0.3 is 10.1 Å². The average Bonchev–Trinajstić information content (AvgIpc) is 2.83. The van der Waals surface area contributed by atoms with Gasteiger partial charge in [0.05, 0.1) is 23.9 Å². The summed E-state index contributed by atoms with van der Waals surface area (Å²) in [6, 6.07) is 9.24. The van der Waals surface area contributed by atoms with Crippen LogP contribution in [0.3, 0.4) is 0 Å². The summed E-state index contributed by atoms with van der Waals surface area (Å²) in [5.74, 6) is 0.790. The number of nitrogens with one attached hydrogen (secondary N) is 1. The summed E-state index contributed by atoms with van der Waals surface area (Å²) in [5, 5.41) is 15.2. The molecule has 0 saturated heterocycles. The quantitative estimate of drug-likeness (QED) is 0.916. The number of hydrogen-bond donors (Lipinski definition) is 1. The van der Waals surface area contributed by atoms with Gasteiger partial charge in [-0.05, 0) is 31.2 Å². The summed E-state index contributed by atoms with van der Waals surface area (Å²) in [6.07, 6.45) is 0. The molecule has 0 aliphatic carbocycles. The molecule has 1 aromatic carbocycles. The average molecular weight is 259 g/mol. The summed E-state index contributed by atoms with van der Waals surface area (Å²) in [6.45, 7) is 1.93. The van der Waals surface area contributed by atoms with Crippen molar-refractivity contribution in [2.45, 2.75) is 13.0 Å². The zero-order chi connectivity index (χ0) is 13.0. The van der Waals surface area contributed by atoms with E-state index in [-0.39, 0.29) is 0 Å². The van der Waals surface area contributed by atoms with Crippen LogP contribution in [0.25, 0.3) is 0 Å². The zero-order valence-electron chi connectivity index (χ0n) is 10.2. The number of nitrogens with zero attached hydrogens (tertiary/aromatic N) is 2. The summed E-state index contributed by atoms with van der Waals surface area (Å²) in [4.78, 5) is 4.32. The molecule has 1 heterocycles. The van der Waals surface area contributed by atoms with Gasteiger partial charge in [-0.2, -0.15) is 5.26 Å². The van der Waals surface area contributed by atoms with Crippen molar-refractivity contribution in [2.75, 3.05) is 12.4 Å². The summed E-state index contributed by atoms with van der Waals surface area (Å²) < 4.78 is 5.08. The van der Waals surface area contributed by atoms with Crippen molar-refractivity contribution in [3.8, 4) is 11.8 Å². The van der Waals surface area contributed by atoms with Crippen LogP contribution in [0.2, 0.25) is 0 Å². The predicted octanol–water partition coefficient (Wildman–Crippen LogP) is 3.14. The second-order valence-electron chi connectivity index (χ2n) is 3.73. The van der Waals surface area contributed by atoms with Gasteiger partial charge in [-0.3, -0.25) is 0 Å². The van der Waals surface area contributed by atoms with Gasteiger partial charge in [0, 0.05) is 11.1 Å². The minimum absolute atomic E-state index is 0.427. The molecule has 0 radical (unpaired) electrons. The molecule has 4 nitrogen and oxygen atoms in total. The van der Waals surface area contributed by atoms with E-state index in [9.17, 15) is 5.26 Å². The third-order valence-corrected chi connectivity index (χ3v) is 3.25. The van der Waals surface area contributed by atoms with E-state index in [1.165, 1.54) is 0 Å². The van der Waals surface area contributed by atoms with E-state index in [2.05, 4.69) is 16.4 Å². The number of aromatic nitrogens is 1. The normalized spacial score (nSPS) is 11.6. The van der Waals surface area contributed by atoms with Crippen molar-refractivity contribution < 1.29 is 4.74 Å². The lowest BCUT2D eigenvalue weighted by Gasteiger charge is -2.11. The molecule has 2 aromatic rings. The lowest BCUT2D eigenvalue weighted by atomic mass is 10.2. The topological polar surface area (TPSA) is 57.9 Å². The Bertz CT molecular complexity index is 556.